The molecule has 2 rings (SSSR count). The fraction of sp³-hybridized carbons (Fsp3) is 0.526. The molecule has 0 unspecified atom stereocenters. The highest BCUT2D eigenvalue weighted by atomic mass is 16.6. The van der Waals surface area contributed by atoms with Crippen molar-refractivity contribution in [1.29, 1.82) is 0 Å². The van der Waals surface area contributed by atoms with E-state index >= 15 is 0 Å². The Morgan fingerprint density at radius 1 is 1.26 bits per heavy atom. The molecule has 0 radical (unpaired) electrons. The van der Waals surface area contributed by atoms with Gasteiger partial charge in [-0.1, -0.05) is 18.2 Å². The summed E-state index contributed by atoms with van der Waals surface area (Å²) in [6, 6.07) is 8.51. The average molecular weight is 317 g/mol. The highest BCUT2D eigenvalue weighted by molar-refractivity contribution is 5.88. The fourth-order valence-corrected chi connectivity index (χ4v) is 2.72. The summed E-state index contributed by atoms with van der Waals surface area (Å²) in [5.74, 6) is -0.221. The predicted octanol–water partition coefficient (Wildman–Crippen LogP) is 4.12. The average Bonchev–Trinajstić information content (AvgIpc) is 2.84. The smallest absolute Gasteiger partial charge is 0.310 e. The molecule has 0 fully saturated rings. The number of carbonyl (C=O) groups excluding carboxylic acids is 1. The first-order valence-corrected chi connectivity index (χ1v) is 8.22. The third-order valence-electron chi connectivity index (χ3n) is 3.76. The number of nitrogens with zero attached hydrogens (tertiary/aromatic N) is 1. The molecule has 0 aliphatic carbocycles. The van der Waals surface area contributed by atoms with Crippen LogP contribution in [0.2, 0.25) is 0 Å². The second-order valence-corrected chi connectivity index (χ2v) is 6.72. The number of para-hydroxylation sites is 1. The van der Waals surface area contributed by atoms with E-state index < -0.39 is 5.60 Å². The van der Waals surface area contributed by atoms with E-state index in [9.17, 15) is 4.79 Å². The third-order valence-corrected chi connectivity index (χ3v) is 3.76. The molecule has 2 aromatic rings. The van der Waals surface area contributed by atoms with Gasteiger partial charge in [0.25, 0.3) is 0 Å². The molecule has 0 N–H and O–H groups in total. The van der Waals surface area contributed by atoms with Crippen LogP contribution in [0.1, 0.15) is 46.2 Å². The Bertz CT molecular complexity index is 670. The van der Waals surface area contributed by atoms with Gasteiger partial charge in [-0.05, 0) is 46.2 Å². The Labute approximate surface area is 138 Å². The maximum Gasteiger partial charge on any atom is 0.310 e. The summed E-state index contributed by atoms with van der Waals surface area (Å²) in [5, 5.41) is 1.11. The number of hydrogen-bond donors (Lipinski definition) is 0. The lowest BCUT2D eigenvalue weighted by Crippen LogP contribution is -2.34. The van der Waals surface area contributed by atoms with Crippen LogP contribution in [0.15, 0.2) is 30.5 Å². The quantitative estimate of drug-likeness (QED) is 0.721. The molecule has 23 heavy (non-hydrogen) atoms. The zero-order valence-electron chi connectivity index (χ0n) is 14.8. The molecule has 0 spiro atoms. The van der Waals surface area contributed by atoms with Gasteiger partial charge in [0.1, 0.15) is 5.60 Å². The van der Waals surface area contributed by atoms with Crippen LogP contribution in [-0.2, 0) is 20.7 Å². The van der Waals surface area contributed by atoms with E-state index in [1.54, 1.807) is 0 Å². The summed E-state index contributed by atoms with van der Waals surface area (Å²) in [5.41, 5.74) is 1.55. The van der Waals surface area contributed by atoms with Crippen molar-refractivity contribution in [3.8, 4) is 0 Å². The lowest BCUT2D eigenvalue weighted by Gasteiger charge is -2.24. The van der Waals surface area contributed by atoms with E-state index in [0.717, 1.165) is 16.5 Å². The first-order valence-electron chi connectivity index (χ1n) is 8.22. The van der Waals surface area contributed by atoms with E-state index in [2.05, 4.69) is 36.7 Å². The number of esters is 1. The molecule has 0 amide bonds. The summed E-state index contributed by atoms with van der Waals surface area (Å²) in [6.07, 6.45) is 2.34. The maximum atomic E-state index is 12.3. The molecular weight excluding hydrogens is 290 g/mol. The fourth-order valence-electron chi connectivity index (χ4n) is 2.72. The summed E-state index contributed by atoms with van der Waals surface area (Å²) >= 11 is 0. The Hall–Kier alpha value is -1.81. The van der Waals surface area contributed by atoms with Crippen LogP contribution < -0.4 is 0 Å². The number of benzene rings is 1. The van der Waals surface area contributed by atoms with Gasteiger partial charge in [0, 0.05) is 29.7 Å². The van der Waals surface area contributed by atoms with Crippen molar-refractivity contribution in [2.45, 2.75) is 52.7 Å². The van der Waals surface area contributed by atoms with E-state index in [-0.39, 0.29) is 12.4 Å². The molecule has 0 aliphatic rings. The van der Waals surface area contributed by atoms with Gasteiger partial charge in [0.05, 0.1) is 13.0 Å². The van der Waals surface area contributed by atoms with Gasteiger partial charge in [-0.3, -0.25) is 4.79 Å². The number of rotatable bonds is 7. The van der Waals surface area contributed by atoms with Crippen molar-refractivity contribution in [3.63, 3.8) is 0 Å². The van der Waals surface area contributed by atoms with Crippen molar-refractivity contribution in [3.05, 3.63) is 36.0 Å². The van der Waals surface area contributed by atoms with Crippen LogP contribution in [0.5, 0.6) is 0 Å². The van der Waals surface area contributed by atoms with Gasteiger partial charge in [-0.2, -0.15) is 0 Å². The molecule has 126 valence electrons. The lowest BCUT2D eigenvalue weighted by molar-refractivity contribution is -0.161. The van der Waals surface area contributed by atoms with E-state index in [0.29, 0.717) is 19.3 Å². The Morgan fingerprint density at radius 3 is 2.61 bits per heavy atom. The molecule has 0 atom stereocenters. The van der Waals surface area contributed by atoms with E-state index in [1.165, 1.54) is 0 Å². The molecule has 1 heterocycles. The second kappa shape index (κ2) is 7.18. The largest absolute Gasteiger partial charge is 0.457 e. The lowest BCUT2D eigenvalue weighted by atomic mass is 10.1. The monoisotopic (exact) mass is 317 g/mol. The second-order valence-electron chi connectivity index (χ2n) is 6.72. The van der Waals surface area contributed by atoms with Crippen molar-refractivity contribution < 1.29 is 14.3 Å². The van der Waals surface area contributed by atoms with Gasteiger partial charge in [0.15, 0.2) is 0 Å². The SMILES string of the molecule is CCOCC(C)(C)OC(=O)Cc1cn(C(C)C)c2ccccc12. The summed E-state index contributed by atoms with van der Waals surface area (Å²) in [7, 11) is 0. The summed E-state index contributed by atoms with van der Waals surface area (Å²) in [4.78, 5) is 12.3. The van der Waals surface area contributed by atoms with Crippen LogP contribution in [0.4, 0.5) is 0 Å². The van der Waals surface area contributed by atoms with Crippen molar-refractivity contribution in [2.24, 2.45) is 0 Å². The molecule has 1 aromatic carbocycles. The van der Waals surface area contributed by atoms with Gasteiger partial charge in [0.2, 0.25) is 0 Å². The highest BCUT2D eigenvalue weighted by Crippen LogP contribution is 2.25. The molecule has 4 heteroatoms. The number of fused-ring (bicyclic) bond motifs is 1. The molecular formula is C19H27NO3. The van der Waals surface area contributed by atoms with Gasteiger partial charge >= 0.3 is 5.97 Å². The molecule has 0 aliphatic heterocycles. The van der Waals surface area contributed by atoms with Crippen molar-refractivity contribution in [1.82, 2.24) is 4.57 Å². The number of carbonyl (C=O) groups is 1. The van der Waals surface area contributed by atoms with Crippen molar-refractivity contribution in [2.75, 3.05) is 13.2 Å². The minimum Gasteiger partial charge on any atom is -0.457 e. The summed E-state index contributed by atoms with van der Waals surface area (Å²) in [6.45, 7) is 11.0. The number of hydrogen-bond acceptors (Lipinski definition) is 3. The number of aromatic nitrogens is 1. The topological polar surface area (TPSA) is 40.5 Å². The zero-order chi connectivity index (χ0) is 17.0. The van der Waals surface area contributed by atoms with Crippen molar-refractivity contribution >= 4 is 16.9 Å². The minimum absolute atomic E-state index is 0.221. The van der Waals surface area contributed by atoms with Gasteiger partial charge in [-0.15, -0.1) is 0 Å². The minimum atomic E-state index is -0.608. The van der Waals surface area contributed by atoms with E-state index in [1.807, 2.05) is 32.9 Å². The van der Waals surface area contributed by atoms with Crippen LogP contribution in [-0.4, -0.2) is 29.4 Å². The summed E-state index contributed by atoms with van der Waals surface area (Å²) < 4.78 is 13.2. The Morgan fingerprint density at radius 2 is 1.96 bits per heavy atom. The molecule has 4 nitrogen and oxygen atoms in total. The molecule has 0 saturated heterocycles. The first kappa shape index (κ1) is 17.5. The van der Waals surface area contributed by atoms with Gasteiger partial charge in [-0.25, -0.2) is 0 Å². The predicted molar refractivity (Wildman–Crippen MR) is 92.7 cm³/mol. The molecule has 0 saturated carbocycles. The van der Waals surface area contributed by atoms with Gasteiger partial charge < -0.3 is 14.0 Å². The normalized spacial score (nSPS) is 12.1. The standard InChI is InChI=1S/C19H27NO3/c1-6-22-13-19(4,5)23-18(21)11-15-12-20(14(2)3)17-10-8-7-9-16(15)17/h7-10,12,14H,6,11,13H2,1-5H3. The maximum absolute atomic E-state index is 12.3. The first-order chi connectivity index (χ1) is 10.8. The third kappa shape index (κ3) is 4.35. The van der Waals surface area contributed by atoms with Crippen LogP contribution >= 0.6 is 0 Å². The Kier molecular flexibility index (Phi) is 5.47. The zero-order valence-corrected chi connectivity index (χ0v) is 14.8. The number of ether oxygens (including phenoxy) is 2. The van der Waals surface area contributed by atoms with Crippen LogP contribution in [0, 0.1) is 0 Å². The molecule has 1 aromatic heterocycles. The highest BCUT2D eigenvalue weighted by Gasteiger charge is 2.24. The Balaban J connectivity index is 2.17. The van der Waals surface area contributed by atoms with E-state index in [4.69, 9.17) is 9.47 Å². The van der Waals surface area contributed by atoms with Crippen LogP contribution in [0.3, 0.4) is 0 Å². The molecule has 0 bridgehead atoms. The van der Waals surface area contributed by atoms with Crippen LogP contribution in [0.25, 0.3) is 10.9 Å².